The van der Waals surface area contributed by atoms with Crippen molar-refractivity contribution in [2.45, 2.75) is 43.4 Å². The number of aliphatic hydroxyl groups excluding tert-OH is 1. The van der Waals surface area contributed by atoms with E-state index in [0.717, 1.165) is 65.5 Å². The van der Waals surface area contributed by atoms with Gasteiger partial charge in [0.1, 0.15) is 5.75 Å². The van der Waals surface area contributed by atoms with Crippen molar-refractivity contribution in [1.82, 2.24) is 25.2 Å². The SMILES string of the molecule is COc1ccc2ncc(CN3CCOCC3)c([C@H](O)CCC3(C(=O)NO)CCN(CCSc4ccccn4)CC3)c2c1. The molecule has 0 spiro atoms. The van der Waals surface area contributed by atoms with E-state index in [1.54, 1.807) is 25.1 Å². The minimum atomic E-state index is -0.810. The van der Waals surface area contributed by atoms with Gasteiger partial charge in [-0.3, -0.25) is 19.9 Å². The van der Waals surface area contributed by atoms with Crippen LogP contribution in [0.25, 0.3) is 10.9 Å². The highest BCUT2D eigenvalue weighted by molar-refractivity contribution is 7.99. The Morgan fingerprint density at radius 1 is 1.14 bits per heavy atom. The standard InChI is InChI=1S/C31H41N5O5S/c1-40-24-5-6-26-25(20-24)29(23(21-33-26)22-36-14-17-41-18-15-36)27(37)7-8-31(30(38)34-39)9-12-35(13-10-31)16-19-42-28-4-2-3-11-32-28/h2-6,11,20-21,27,37,39H,7-10,12-19,22H2,1H3,(H,34,38)/t27-/m1/s1. The summed E-state index contributed by atoms with van der Waals surface area (Å²) in [4.78, 5) is 26.8. The van der Waals surface area contributed by atoms with Gasteiger partial charge in [0.05, 0.1) is 42.4 Å². The van der Waals surface area contributed by atoms with E-state index in [4.69, 9.17) is 9.47 Å². The Hall–Kier alpha value is -2.80. The molecule has 0 radical (unpaired) electrons. The van der Waals surface area contributed by atoms with Crippen LogP contribution in [-0.4, -0.2) is 94.8 Å². The largest absolute Gasteiger partial charge is 0.497 e. The number of hydrogen-bond acceptors (Lipinski definition) is 10. The third-order valence-electron chi connectivity index (χ3n) is 8.62. The lowest BCUT2D eigenvalue weighted by Gasteiger charge is -2.40. The van der Waals surface area contributed by atoms with Gasteiger partial charge in [-0.1, -0.05) is 6.07 Å². The maximum atomic E-state index is 13.1. The normalized spacial score (nSPS) is 18.5. The van der Waals surface area contributed by atoms with Gasteiger partial charge in [-0.15, -0.1) is 11.8 Å². The van der Waals surface area contributed by atoms with Gasteiger partial charge < -0.3 is 19.5 Å². The van der Waals surface area contributed by atoms with Gasteiger partial charge in [0.15, 0.2) is 0 Å². The van der Waals surface area contributed by atoms with Crippen LogP contribution in [0.5, 0.6) is 5.75 Å². The van der Waals surface area contributed by atoms with Crippen LogP contribution in [0.15, 0.2) is 53.8 Å². The average molecular weight is 596 g/mol. The maximum absolute atomic E-state index is 13.1. The number of likely N-dealkylation sites (tertiary alicyclic amines) is 1. The van der Waals surface area contributed by atoms with E-state index in [2.05, 4.69) is 19.8 Å². The Morgan fingerprint density at radius 2 is 1.95 bits per heavy atom. The number of morpholine rings is 1. The molecule has 11 heteroatoms. The molecule has 0 bridgehead atoms. The van der Waals surface area contributed by atoms with Gasteiger partial charge >= 0.3 is 0 Å². The van der Waals surface area contributed by atoms with Crippen LogP contribution in [-0.2, 0) is 16.1 Å². The van der Waals surface area contributed by atoms with Crippen molar-refractivity contribution in [2.24, 2.45) is 5.41 Å². The second-order valence-electron chi connectivity index (χ2n) is 11.1. The third kappa shape index (κ3) is 7.39. The number of nitrogens with one attached hydrogen (secondary N) is 1. The fourth-order valence-corrected chi connectivity index (χ4v) is 6.93. The highest BCUT2D eigenvalue weighted by Gasteiger charge is 2.41. The van der Waals surface area contributed by atoms with Gasteiger partial charge in [-0.05, 0) is 80.2 Å². The molecule has 1 atom stereocenters. The monoisotopic (exact) mass is 595 g/mol. The van der Waals surface area contributed by atoms with Crippen LogP contribution in [0.2, 0.25) is 0 Å². The molecule has 5 rings (SSSR count). The number of amides is 1. The van der Waals surface area contributed by atoms with Crippen LogP contribution >= 0.6 is 11.8 Å². The Bertz CT molecular complexity index is 1320. The quantitative estimate of drug-likeness (QED) is 0.163. The topological polar surface area (TPSA) is 120 Å². The van der Waals surface area contributed by atoms with Gasteiger partial charge in [0.2, 0.25) is 5.91 Å². The van der Waals surface area contributed by atoms with E-state index in [-0.39, 0.29) is 5.91 Å². The highest BCUT2D eigenvalue weighted by atomic mass is 32.2. The van der Waals surface area contributed by atoms with E-state index < -0.39 is 11.5 Å². The number of hydrogen-bond donors (Lipinski definition) is 3. The van der Waals surface area contributed by atoms with Crippen molar-refractivity contribution in [3.05, 3.63) is 59.9 Å². The summed E-state index contributed by atoms with van der Waals surface area (Å²) in [5.41, 5.74) is 3.77. The van der Waals surface area contributed by atoms with Crippen molar-refractivity contribution < 1.29 is 24.6 Å². The number of ether oxygens (including phenoxy) is 2. The third-order valence-corrected chi connectivity index (χ3v) is 9.54. The zero-order valence-corrected chi connectivity index (χ0v) is 25.0. The van der Waals surface area contributed by atoms with Gasteiger partial charge in [0.25, 0.3) is 0 Å². The van der Waals surface area contributed by atoms with Gasteiger partial charge in [-0.25, -0.2) is 10.5 Å². The smallest absolute Gasteiger partial charge is 0.249 e. The number of aliphatic hydroxyl groups is 1. The van der Waals surface area contributed by atoms with Crippen molar-refractivity contribution in [1.29, 1.82) is 0 Å². The van der Waals surface area contributed by atoms with Crippen LogP contribution in [0, 0.1) is 5.41 Å². The van der Waals surface area contributed by atoms with E-state index in [0.29, 0.717) is 51.2 Å². The predicted octanol–water partition coefficient (Wildman–Crippen LogP) is 3.66. The first kappa shape index (κ1) is 30.7. The number of thioether (sulfide) groups is 1. The number of methoxy groups -OCH3 is 1. The van der Waals surface area contributed by atoms with Crippen LogP contribution < -0.4 is 10.2 Å². The van der Waals surface area contributed by atoms with E-state index in [1.807, 2.05) is 48.1 Å². The summed E-state index contributed by atoms with van der Waals surface area (Å²) in [7, 11) is 1.63. The van der Waals surface area contributed by atoms with Crippen molar-refractivity contribution in [2.75, 3.05) is 58.8 Å². The number of hydroxylamine groups is 1. The fourth-order valence-electron chi connectivity index (χ4n) is 6.06. The van der Waals surface area contributed by atoms with Crippen molar-refractivity contribution in [3.63, 3.8) is 0 Å². The molecular formula is C31H41N5O5S. The zero-order valence-electron chi connectivity index (χ0n) is 24.2. The summed E-state index contributed by atoms with van der Waals surface area (Å²) in [6.07, 6.45) is 4.93. The molecule has 2 saturated heterocycles. The van der Waals surface area contributed by atoms with Crippen LogP contribution in [0.3, 0.4) is 0 Å². The van der Waals surface area contributed by atoms with Gasteiger partial charge in [0, 0.05) is 49.7 Å². The van der Waals surface area contributed by atoms with E-state index >= 15 is 0 Å². The molecule has 0 unspecified atom stereocenters. The number of benzene rings is 1. The summed E-state index contributed by atoms with van der Waals surface area (Å²) >= 11 is 1.72. The lowest BCUT2D eigenvalue weighted by atomic mass is 9.73. The number of rotatable bonds is 12. The molecule has 3 N–H and O–H groups in total. The Labute approximate surface area is 251 Å². The Kier molecular flexibility index (Phi) is 10.6. The number of nitrogens with zero attached hydrogens (tertiary/aromatic N) is 4. The Morgan fingerprint density at radius 3 is 2.67 bits per heavy atom. The van der Waals surface area contributed by atoms with Crippen LogP contribution in [0.1, 0.15) is 42.9 Å². The molecule has 226 valence electrons. The van der Waals surface area contributed by atoms with E-state index in [1.165, 1.54) is 0 Å². The first-order valence-corrected chi connectivity index (χ1v) is 15.6. The summed E-state index contributed by atoms with van der Waals surface area (Å²) < 4.78 is 11.0. The summed E-state index contributed by atoms with van der Waals surface area (Å²) in [6.45, 7) is 6.08. The lowest BCUT2D eigenvalue weighted by Crippen LogP contribution is -2.48. The second-order valence-corrected chi connectivity index (χ2v) is 12.2. The number of pyridine rings is 2. The van der Waals surface area contributed by atoms with Crippen molar-refractivity contribution >= 4 is 28.6 Å². The van der Waals surface area contributed by atoms with E-state index in [9.17, 15) is 15.1 Å². The zero-order chi connectivity index (χ0) is 29.4. The average Bonchev–Trinajstić information content (AvgIpc) is 3.04. The molecule has 42 heavy (non-hydrogen) atoms. The Balaban J connectivity index is 1.29. The maximum Gasteiger partial charge on any atom is 0.249 e. The minimum absolute atomic E-state index is 0.369. The number of carbonyl (C=O) groups is 1. The molecule has 0 saturated carbocycles. The van der Waals surface area contributed by atoms with Crippen LogP contribution in [0.4, 0.5) is 0 Å². The molecule has 1 aromatic carbocycles. The number of aromatic nitrogens is 2. The highest BCUT2D eigenvalue weighted by Crippen LogP contribution is 2.40. The molecule has 4 heterocycles. The summed E-state index contributed by atoms with van der Waals surface area (Å²) in [6, 6.07) is 11.6. The summed E-state index contributed by atoms with van der Waals surface area (Å²) in [5.74, 6) is 1.25. The number of carbonyl (C=O) groups excluding carboxylic acids is 1. The fraction of sp³-hybridized carbons (Fsp3) is 0.516. The molecule has 0 aliphatic carbocycles. The predicted molar refractivity (Wildman–Crippen MR) is 162 cm³/mol. The van der Waals surface area contributed by atoms with Gasteiger partial charge in [-0.2, -0.15) is 0 Å². The minimum Gasteiger partial charge on any atom is -0.497 e. The lowest BCUT2D eigenvalue weighted by molar-refractivity contribution is -0.143. The molecule has 2 fully saturated rings. The first-order valence-electron chi connectivity index (χ1n) is 14.7. The second kappa shape index (κ2) is 14.6. The van der Waals surface area contributed by atoms with Crippen molar-refractivity contribution in [3.8, 4) is 5.75 Å². The molecule has 1 amide bonds. The molecule has 2 aliphatic rings. The number of fused-ring (bicyclic) bond motifs is 1. The molecule has 3 aromatic rings. The number of piperidine rings is 1. The molecule has 2 aliphatic heterocycles. The molecule has 2 aromatic heterocycles. The first-order chi connectivity index (χ1) is 20.5. The molecular weight excluding hydrogens is 554 g/mol. The molecule has 10 nitrogen and oxygen atoms in total. The summed E-state index contributed by atoms with van der Waals surface area (Å²) in [5, 5.41) is 23.3.